The standard InChI is InChI=1S/C13H18ClNO3/c1-15-11(7-8-12(16)18-2)13(17)9-3-5-10(14)6-4-9/h3-6,11,13,15,17H,7-8H2,1-2H3. The van der Waals surface area contributed by atoms with E-state index in [1.807, 2.05) is 0 Å². The van der Waals surface area contributed by atoms with Crippen LogP contribution in [0.4, 0.5) is 0 Å². The van der Waals surface area contributed by atoms with E-state index in [-0.39, 0.29) is 18.4 Å². The van der Waals surface area contributed by atoms with Gasteiger partial charge < -0.3 is 15.2 Å². The van der Waals surface area contributed by atoms with Gasteiger partial charge in [0, 0.05) is 17.5 Å². The molecule has 0 saturated heterocycles. The highest BCUT2D eigenvalue weighted by molar-refractivity contribution is 6.30. The zero-order chi connectivity index (χ0) is 13.5. The Morgan fingerprint density at radius 3 is 2.56 bits per heavy atom. The Hall–Kier alpha value is -1.10. The van der Waals surface area contributed by atoms with Crippen LogP contribution in [-0.4, -0.2) is 31.3 Å². The summed E-state index contributed by atoms with van der Waals surface area (Å²) in [6, 6.07) is 6.80. The predicted octanol–water partition coefficient (Wildman–Crippen LogP) is 1.91. The third-order valence-corrected chi connectivity index (χ3v) is 3.10. The SMILES string of the molecule is CNC(CCC(=O)OC)C(O)c1ccc(Cl)cc1. The molecule has 0 radical (unpaired) electrons. The van der Waals surface area contributed by atoms with Crippen LogP contribution in [0.25, 0.3) is 0 Å². The van der Waals surface area contributed by atoms with E-state index in [1.54, 1.807) is 31.3 Å². The Morgan fingerprint density at radius 1 is 1.44 bits per heavy atom. The van der Waals surface area contributed by atoms with Crippen LogP contribution in [0.3, 0.4) is 0 Å². The van der Waals surface area contributed by atoms with E-state index in [1.165, 1.54) is 7.11 Å². The second kappa shape index (κ2) is 7.36. The van der Waals surface area contributed by atoms with Crippen molar-refractivity contribution in [2.75, 3.05) is 14.2 Å². The summed E-state index contributed by atoms with van der Waals surface area (Å²) in [7, 11) is 3.10. The van der Waals surface area contributed by atoms with Crippen LogP contribution >= 0.6 is 11.6 Å². The molecule has 0 spiro atoms. The molecule has 1 rings (SSSR count). The number of methoxy groups -OCH3 is 1. The maximum atomic E-state index is 11.1. The van der Waals surface area contributed by atoms with E-state index in [0.717, 1.165) is 5.56 Å². The molecular formula is C13H18ClNO3. The molecule has 0 amide bonds. The minimum absolute atomic E-state index is 0.203. The minimum atomic E-state index is -0.683. The summed E-state index contributed by atoms with van der Waals surface area (Å²) >= 11 is 5.79. The molecule has 2 N–H and O–H groups in total. The summed E-state index contributed by atoms with van der Waals surface area (Å²) in [6.45, 7) is 0. The third-order valence-electron chi connectivity index (χ3n) is 2.85. The molecule has 1 aromatic rings. The van der Waals surface area contributed by atoms with E-state index >= 15 is 0 Å². The van der Waals surface area contributed by atoms with E-state index < -0.39 is 6.10 Å². The van der Waals surface area contributed by atoms with Gasteiger partial charge in [0.05, 0.1) is 13.2 Å². The van der Waals surface area contributed by atoms with Crippen molar-refractivity contribution in [1.82, 2.24) is 5.32 Å². The molecule has 4 nitrogen and oxygen atoms in total. The first kappa shape index (κ1) is 15.0. The number of esters is 1. The first-order chi connectivity index (χ1) is 8.58. The van der Waals surface area contributed by atoms with Gasteiger partial charge in [-0.25, -0.2) is 0 Å². The predicted molar refractivity (Wildman–Crippen MR) is 70.5 cm³/mol. The first-order valence-corrected chi connectivity index (χ1v) is 6.14. The van der Waals surface area contributed by atoms with Gasteiger partial charge in [-0.05, 0) is 31.2 Å². The van der Waals surface area contributed by atoms with Crippen LogP contribution in [0.5, 0.6) is 0 Å². The number of likely N-dealkylation sites (N-methyl/N-ethyl adjacent to an activating group) is 1. The molecule has 2 unspecified atom stereocenters. The molecular weight excluding hydrogens is 254 g/mol. The molecule has 0 aromatic heterocycles. The number of hydrogen-bond donors (Lipinski definition) is 2. The van der Waals surface area contributed by atoms with Crippen LogP contribution in [0.1, 0.15) is 24.5 Å². The van der Waals surface area contributed by atoms with E-state index in [9.17, 15) is 9.90 Å². The molecule has 5 heteroatoms. The minimum Gasteiger partial charge on any atom is -0.469 e. The van der Waals surface area contributed by atoms with Crippen LogP contribution in [-0.2, 0) is 9.53 Å². The van der Waals surface area contributed by atoms with Crippen molar-refractivity contribution < 1.29 is 14.6 Å². The van der Waals surface area contributed by atoms with Crippen molar-refractivity contribution in [2.24, 2.45) is 0 Å². The van der Waals surface area contributed by atoms with Crippen LogP contribution in [0.15, 0.2) is 24.3 Å². The van der Waals surface area contributed by atoms with Gasteiger partial charge in [-0.2, -0.15) is 0 Å². The Morgan fingerprint density at radius 2 is 2.06 bits per heavy atom. The summed E-state index contributed by atoms with van der Waals surface area (Å²) in [6.07, 6.45) is 0.0940. The van der Waals surface area contributed by atoms with Crippen LogP contribution in [0.2, 0.25) is 5.02 Å². The summed E-state index contributed by atoms with van der Waals surface area (Å²) in [4.78, 5) is 11.1. The molecule has 0 fully saturated rings. The maximum absolute atomic E-state index is 11.1. The topological polar surface area (TPSA) is 58.6 Å². The van der Waals surface area contributed by atoms with Crippen molar-refractivity contribution in [1.29, 1.82) is 0 Å². The maximum Gasteiger partial charge on any atom is 0.305 e. The van der Waals surface area contributed by atoms with Gasteiger partial charge in [0.1, 0.15) is 0 Å². The number of carbonyl (C=O) groups is 1. The van der Waals surface area contributed by atoms with Crippen molar-refractivity contribution in [3.05, 3.63) is 34.9 Å². The highest BCUT2D eigenvalue weighted by Gasteiger charge is 2.20. The van der Waals surface area contributed by atoms with E-state index in [0.29, 0.717) is 11.4 Å². The monoisotopic (exact) mass is 271 g/mol. The van der Waals surface area contributed by atoms with Crippen molar-refractivity contribution in [3.63, 3.8) is 0 Å². The Labute approximate surface area is 112 Å². The Kier molecular flexibility index (Phi) is 6.12. The fourth-order valence-electron chi connectivity index (χ4n) is 1.73. The number of halogens is 1. The number of hydrogen-bond acceptors (Lipinski definition) is 4. The van der Waals surface area contributed by atoms with Gasteiger partial charge in [-0.1, -0.05) is 23.7 Å². The fraction of sp³-hybridized carbons (Fsp3) is 0.462. The third kappa shape index (κ3) is 4.29. The average molecular weight is 272 g/mol. The molecule has 18 heavy (non-hydrogen) atoms. The number of nitrogens with one attached hydrogen (secondary N) is 1. The molecule has 0 bridgehead atoms. The Bertz CT molecular complexity index is 380. The molecule has 0 heterocycles. The molecule has 2 atom stereocenters. The molecule has 0 saturated carbocycles. The highest BCUT2D eigenvalue weighted by Crippen LogP contribution is 2.21. The first-order valence-electron chi connectivity index (χ1n) is 5.76. The van der Waals surface area contributed by atoms with Gasteiger partial charge in [0.25, 0.3) is 0 Å². The van der Waals surface area contributed by atoms with Gasteiger partial charge in [0.15, 0.2) is 0 Å². The Balaban J connectivity index is 2.63. The number of rotatable bonds is 6. The second-order valence-corrected chi connectivity index (χ2v) is 4.44. The van der Waals surface area contributed by atoms with E-state index in [4.69, 9.17) is 11.6 Å². The molecule has 0 aliphatic rings. The molecule has 0 aliphatic heterocycles. The largest absolute Gasteiger partial charge is 0.469 e. The number of aliphatic hydroxyl groups is 1. The highest BCUT2D eigenvalue weighted by atomic mass is 35.5. The quantitative estimate of drug-likeness (QED) is 0.776. The second-order valence-electron chi connectivity index (χ2n) is 4.01. The lowest BCUT2D eigenvalue weighted by atomic mass is 9.98. The van der Waals surface area contributed by atoms with Gasteiger partial charge in [-0.3, -0.25) is 4.79 Å². The van der Waals surface area contributed by atoms with Crippen molar-refractivity contribution in [3.8, 4) is 0 Å². The normalized spacial score (nSPS) is 14.0. The van der Waals surface area contributed by atoms with E-state index in [2.05, 4.69) is 10.1 Å². The average Bonchev–Trinajstić information content (AvgIpc) is 2.39. The zero-order valence-corrected chi connectivity index (χ0v) is 11.3. The van der Waals surface area contributed by atoms with Crippen molar-refractivity contribution in [2.45, 2.75) is 25.0 Å². The summed E-state index contributed by atoms with van der Waals surface area (Å²) < 4.78 is 4.58. The van der Waals surface area contributed by atoms with Gasteiger partial charge >= 0.3 is 5.97 Å². The number of ether oxygens (including phenoxy) is 1. The van der Waals surface area contributed by atoms with Gasteiger partial charge in [-0.15, -0.1) is 0 Å². The fourth-order valence-corrected chi connectivity index (χ4v) is 1.85. The number of carbonyl (C=O) groups excluding carboxylic acids is 1. The summed E-state index contributed by atoms with van der Waals surface area (Å²) in [5, 5.41) is 13.8. The lowest BCUT2D eigenvalue weighted by Crippen LogP contribution is -2.32. The lowest BCUT2D eigenvalue weighted by molar-refractivity contribution is -0.140. The van der Waals surface area contributed by atoms with Crippen LogP contribution in [0, 0.1) is 0 Å². The number of benzene rings is 1. The molecule has 0 aliphatic carbocycles. The number of aliphatic hydroxyl groups excluding tert-OH is 1. The van der Waals surface area contributed by atoms with Gasteiger partial charge in [0.2, 0.25) is 0 Å². The van der Waals surface area contributed by atoms with Crippen molar-refractivity contribution >= 4 is 17.6 Å². The van der Waals surface area contributed by atoms with Crippen LogP contribution < -0.4 is 5.32 Å². The lowest BCUT2D eigenvalue weighted by Gasteiger charge is -2.22. The zero-order valence-electron chi connectivity index (χ0n) is 10.5. The summed E-state index contributed by atoms with van der Waals surface area (Å²) in [5.74, 6) is -0.279. The smallest absolute Gasteiger partial charge is 0.305 e. The molecule has 100 valence electrons. The summed E-state index contributed by atoms with van der Waals surface area (Å²) in [5.41, 5.74) is 0.767. The molecule has 1 aromatic carbocycles.